The Balaban J connectivity index is 1.37. The van der Waals surface area contributed by atoms with Gasteiger partial charge in [0.1, 0.15) is 0 Å². The number of aromatic amines is 1. The molecule has 0 bridgehead atoms. The zero-order valence-corrected chi connectivity index (χ0v) is 17.9. The number of hydrogen-bond donors (Lipinski definition) is 3. The Labute approximate surface area is 182 Å². The van der Waals surface area contributed by atoms with Gasteiger partial charge >= 0.3 is 0 Å². The van der Waals surface area contributed by atoms with Gasteiger partial charge < -0.3 is 15.6 Å². The lowest BCUT2D eigenvalue weighted by Crippen LogP contribution is -2.28. The predicted molar refractivity (Wildman–Crippen MR) is 126 cm³/mol. The molecule has 0 saturated carbocycles. The number of piperidine rings is 1. The summed E-state index contributed by atoms with van der Waals surface area (Å²) >= 11 is 0. The third-order valence-corrected chi connectivity index (χ3v) is 6.08. The zero-order chi connectivity index (χ0) is 21.0. The first-order chi connectivity index (χ1) is 15.3. The molecule has 0 unspecified atom stereocenters. The summed E-state index contributed by atoms with van der Waals surface area (Å²) in [6, 6.07) is 14.5. The molecular weight excluding hydrogens is 384 g/mol. The van der Waals surface area contributed by atoms with Gasteiger partial charge in [-0.15, -0.1) is 0 Å². The molecule has 4 heterocycles. The summed E-state index contributed by atoms with van der Waals surface area (Å²) in [5, 5.41) is 8.11. The van der Waals surface area contributed by atoms with Gasteiger partial charge in [0.15, 0.2) is 0 Å². The number of hydrogen-bond acceptors (Lipinski definition) is 5. The lowest BCUT2D eigenvalue weighted by Gasteiger charge is -2.22. The second-order valence-corrected chi connectivity index (χ2v) is 8.33. The van der Waals surface area contributed by atoms with E-state index in [2.05, 4.69) is 54.8 Å². The van der Waals surface area contributed by atoms with Gasteiger partial charge in [0, 0.05) is 23.2 Å². The minimum Gasteiger partial charge on any atom is -0.384 e. The van der Waals surface area contributed by atoms with Gasteiger partial charge in [-0.1, -0.05) is 12.1 Å². The maximum Gasteiger partial charge on any atom is 0.0977 e. The van der Waals surface area contributed by atoms with Crippen molar-refractivity contribution >= 4 is 16.6 Å². The van der Waals surface area contributed by atoms with E-state index in [4.69, 9.17) is 0 Å². The number of anilines is 1. The van der Waals surface area contributed by atoms with Crippen LogP contribution in [0, 0.1) is 12.8 Å². The van der Waals surface area contributed by atoms with Crippen molar-refractivity contribution in [1.29, 1.82) is 0 Å². The summed E-state index contributed by atoms with van der Waals surface area (Å²) in [7, 11) is 0. The number of rotatable bonds is 6. The summed E-state index contributed by atoms with van der Waals surface area (Å²) in [5.41, 5.74) is 6.84. The van der Waals surface area contributed by atoms with Crippen LogP contribution >= 0.6 is 0 Å². The van der Waals surface area contributed by atoms with Crippen molar-refractivity contribution in [1.82, 2.24) is 25.3 Å². The highest BCUT2D eigenvalue weighted by atomic mass is 14.9. The third-order valence-electron chi connectivity index (χ3n) is 6.08. The van der Waals surface area contributed by atoms with Gasteiger partial charge in [0.05, 0.1) is 40.8 Å². The normalized spacial score (nSPS) is 14.7. The third kappa shape index (κ3) is 4.44. The average molecular weight is 413 g/mol. The van der Waals surface area contributed by atoms with E-state index >= 15 is 0 Å². The number of imidazole rings is 1. The molecule has 6 heteroatoms. The van der Waals surface area contributed by atoms with Crippen LogP contribution in [-0.4, -0.2) is 39.6 Å². The van der Waals surface area contributed by atoms with Crippen molar-refractivity contribution in [2.24, 2.45) is 5.92 Å². The zero-order valence-electron chi connectivity index (χ0n) is 17.9. The molecule has 31 heavy (non-hydrogen) atoms. The van der Waals surface area contributed by atoms with E-state index in [0.29, 0.717) is 0 Å². The number of nitrogens with zero attached hydrogens (tertiary/aromatic N) is 3. The molecule has 1 aliphatic rings. The average Bonchev–Trinajstić information content (AvgIpc) is 3.29. The summed E-state index contributed by atoms with van der Waals surface area (Å²) in [6.07, 6.45) is 7.43. The number of H-pyrrole nitrogens is 1. The number of aryl methyl sites for hydroxylation is 1. The first-order valence-electron chi connectivity index (χ1n) is 11.1. The number of nitrogens with one attached hydrogen (secondary N) is 3. The maximum absolute atomic E-state index is 4.65. The largest absolute Gasteiger partial charge is 0.384 e. The summed E-state index contributed by atoms with van der Waals surface area (Å²) in [5.74, 6) is 0.821. The van der Waals surface area contributed by atoms with Gasteiger partial charge in [-0.3, -0.25) is 9.97 Å². The minimum atomic E-state index is 0.821. The highest BCUT2D eigenvalue weighted by Gasteiger charge is 2.14. The lowest BCUT2D eigenvalue weighted by molar-refractivity contribution is 0.361. The Kier molecular flexibility index (Phi) is 5.63. The van der Waals surface area contributed by atoms with Crippen LogP contribution in [0.3, 0.4) is 0 Å². The van der Waals surface area contributed by atoms with Crippen LogP contribution in [0.5, 0.6) is 0 Å². The molecule has 4 aromatic rings. The van der Waals surface area contributed by atoms with E-state index in [1.54, 1.807) is 6.33 Å². The Morgan fingerprint density at radius 3 is 2.84 bits per heavy atom. The number of fused-ring (bicyclic) bond motifs is 1. The van der Waals surface area contributed by atoms with Crippen molar-refractivity contribution in [2.75, 3.05) is 25.0 Å². The van der Waals surface area contributed by atoms with E-state index in [1.807, 2.05) is 31.3 Å². The van der Waals surface area contributed by atoms with Crippen molar-refractivity contribution in [3.05, 3.63) is 60.7 Å². The van der Waals surface area contributed by atoms with Gasteiger partial charge in [-0.25, -0.2) is 4.98 Å². The van der Waals surface area contributed by atoms with Gasteiger partial charge in [0.2, 0.25) is 0 Å². The molecule has 1 fully saturated rings. The molecule has 0 atom stereocenters. The van der Waals surface area contributed by atoms with E-state index < -0.39 is 0 Å². The van der Waals surface area contributed by atoms with Crippen molar-refractivity contribution in [2.45, 2.75) is 26.2 Å². The summed E-state index contributed by atoms with van der Waals surface area (Å²) < 4.78 is 0. The molecule has 0 amide bonds. The first kappa shape index (κ1) is 19.7. The van der Waals surface area contributed by atoms with Crippen LogP contribution in [0.2, 0.25) is 0 Å². The van der Waals surface area contributed by atoms with E-state index in [-0.39, 0.29) is 0 Å². The molecule has 0 radical (unpaired) electrons. The van der Waals surface area contributed by atoms with Crippen LogP contribution < -0.4 is 10.6 Å². The molecular formula is C25H28N6. The molecule has 158 valence electrons. The first-order valence-corrected chi connectivity index (χ1v) is 11.1. The Hall–Kier alpha value is -3.25. The van der Waals surface area contributed by atoms with Crippen LogP contribution in [-0.2, 0) is 0 Å². The SMILES string of the molecule is Cc1cccc(-c2[nH]cnc2-c2ccc3ncc(NCCC4CCNCC4)cc3c2)n1. The smallest absolute Gasteiger partial charge is 0.0977 e. The lowest BCUT2D eigenvalue weighted by atomic mass is 9.95. The molecule has 6 nitrogen and oxygen atoms in total. The van der Waals surface area contributed by atoms with Crippen LogP contribution in [0.4, 0.5) is 5.69 Å². The molecule has 0 aliphatic carbocycles. The molecule has 5 rings (SSSR count). The second kappa shape index (κ2) is 8.86. The van der Waals surface area contributed by atoms with Crippen LogP contribution in [0.25, 0.3) is 33.5 Å². The number of aromatic nitrogens is 4. The van der Waals surface area contributed by atoms with Gasteiger partial charge in [0.25, 0.3) is 0 Å². The number of pyridine rings is 2. The Morgan fingerprint density at radius 1 is 1.06 bits per heavy atom. The minimum absolute atomic E-state index is 0.821. The molecule has 1 aromatic carbocycles. The monoisotopic (exact) mass is 412 g/mol. The second-order valence-electron chi connectivity index (χ2n) is 8.33. The van der Waals surface area contributed by atoms with Crippen molar-refractivity contribution < 1.29 is 0 Å². The Bertz CT molecular complexity index is 1180. The van der Waals surface area contributed by atoms with Crippen molar-refractivity contribution in [3.8, 4) is 22.6 Å². The molecule has 0 spiro atoms. The number of benzene rings is 1. The van der Waals surface area contributed by atoms with E-state index in [0.717, 1.165) is 70.5 Å². The van der Waals surface area contributed by atoms with E-state index in [9.17, 15) is 0 Å². The predicted octanol–water partition coefficient (Wildman–Crippen LogP) is 4.80. The standard InChI is InChI=1S/C25H28N6/c1-17-3-2-4-23(31-17)25-24(29-16-30-25)19-5-6-22-20(13-19)14-21(15-28-22)27-12-9-18-7-10-26-11-8-18/h2-6,13-16,18,26-27H,7-12H2,1H3,(H,29,30). The fraction of sp³-hybridized carbons (Fsp3) is 0.320. The highest BCUT2D eigenvalue weighted by molar-refractivity contribution is 5.88. The fourth-order valence-corrected chi connectivity index (χ4v) is 4.36. The van der Waals surface area contributed by atoms with Gasteiger partial charge in [-0.05, 0) is 75.5 Å². The summed E-state index contributed by atoms with van der Waals surface area (Å²) in [4.78, 5) is 17.1. The summed E-state index contributed by atoms with van der Waals surface area (Å²) in [6.45, 7) is 5.29. The molecule has 1 aliphatic heterocycles. The van der Waals surface area contributed by atoms with E-state index in [1.165, 1.54) is 19.3 Å². The topological polar surface area (TPSA) is 78.5 Å². The molecule has 3 N–H and O–H groups in total. The quantitative estimate of drug-likeness (QED) is 0.424. The van der Waals surface area contributed by atoms with Crippen LogP contribution in [0.15, 0.2) is 55.0 Å². The Morgan fingerprint density at radius 2 is 1.97 bits per heavy atom. The van der Waals surface area contributed by atoms with Gasteiger partial charge in [-0.2, -0.15) is 0 Å². The fourth-order valence-electron chi connectivity index (χ4n) is 4.36. The highest BCUT2D eigenvalue weighted by Crippen LogP contribution is 2.30. The van der Waals surface area contributed by atoms with Crippen molar-refractivity contribution in [3.63, 3.8) is 0 Å². The molecule has 3 aromatic heterocycles. The molecule has 1 saturated heterocycles. The maximum atomic E-state index is 4.65. The van der Waals surface area contributed by atoms with Crippen LogP contribution in [0.1, 0.15) is 25.0 Å².